The predicted molar refractivity (Wildman–Crippen MR) is 65.3 cm³/mol. The number of nitrogens with two attached hydrogens (primary N) is 1. The number of rotatable bonds is 3. The Morgan fingerprint density at radius 2 is 2.12 bits per heavy atom. The highest BCUT2D eigenvalue weighted by Gasteiger charge is 2.24. The van der Waals surface area contributed by atoms with Crippen molar-refractivity contribution < 1.29 is 14.3 Å². The Morgan fingerprint density at radius 3 is 2.76 bits per heavy atom. The van der Waals surface area contributed by atoms with Crippen molar-refractivity contribution in [3.05, 3.63) is 23.8 Å². The van der Waals surface area contributed by atoms with Crippen molar-refractivity contribution >= 4 is 11.5 Å². The Bertz CT molecular complexity index is 411. The molecule has 4 heteroatoms. The molecule has 1 aliphatic rings. The Kier molecular flexibility index (Phi) is 3.64. The van der Waals surface area contributed by atoms with Gasteiger partial charge in [-0.2, -0.15) is 0 Å². The van der Waals surface area contributed by atoms with E-state index in [-0.39, 0.29) is 11.7 Å². The van der Waals surface area contributed by atoms with E-state index in [1.807, 2.05) is 0 Å². The molecule has 0 unspecified atom stereocenters. The molecule has 2 rings (SSSR count). The molecule has 92 valence electrons. The van der Waals surface area contributed by atoms with E-state index < -0.39 is 0 Å². The molecule has 1 aliphatic heterocycles. The van der Waals surface area contributed by atoms with Gasteiger partial charge < -0.3 is 15.2 Å². The third kappa shape index (κ3) is 2.42. The molecule has 0 spiro atoms. The summed E-state index contributed by atoms with van der Waals surface area (Å²) in [5, 5.41) is 0. The van der Waals surface area contributed by atoms with Gasteiger partial charge in [0.1, 0.15) is 5.75 Å². The lowest BCUT2D eigenvalue weighted by Gasteiger charge is -2.21. The molecule has 17 heavy (non-hydrogen) atoms. The highest BCUT2D eigenvalue weighted by atomic mass is 16.5. The van der Waals surface area contributed by atoms with Crippen molar-refractivity contribution in [3.8, 4) is 5.75 Å². The predicted octanol–water partition coefficient (Wildman–Crippen LogP) is 1.89. The zero-order chi connectivity index (χ0) is 12.3. The Labute approximate surface area is 101 Å². The van der Waals surface area contributed by atoms with Crippen LogP contribution in [0.15, 0.2) is 18.2 Å². The highest BCUT2D eigenvalue weighted by molar-refractivity contribution is 6.03. The van der Waals surface area contributed by atoms with Gasteiger partial charge in [-0.1, -0.05) is 6.07 Å². The fourth-order valence-corrected chi connectivity index (χ4v) is 2.12. The van der Waals surface area contributed by atoms with Crippen LogP contribution in [0.3, 0.4) is 0 Å². The second-order valence-electron chi connectivity index (χ2n) is 4.17. The van der Waals surface area contributed by atoms with E-state index in [0.29, 0.717) is 30.2 Å². The third-order valence-corrected chi connectivity index (χ3v) is 3.14. The molecule has 0 radical (unpaired) electrons. The van der Waals surface area contributed by atoms with Gasteiger partial charge in [0.15, 0.2) is 5.78 Å². The molecule has 0 bridgehead atoms. The number of carbonyl (C=O) groups is 1. The van der Waals surface area contributed by atoms with Crippen LogP contribution in [-0.2, 0) is 4.74 Å². The summed E-state index contributed by atoms with van der Waals surface area (Å²) < 4.78 is 10.4. The minimum atomic E-state index is 0.0261. The van der Waals surface area contributed by atoms with Crippen LogP contribution in [0, 0.1) is 5.92 Å². The first-order valence-corrected chi connectivity index (χ1v) is 5.78. The summed E-state index contributed by atoms with van der Waals surface area (Å²) >= 11 is 0. The van der Waals surface area contributed by atoms with Crippen LogP contribution in [0.5, 0.6) is 5.75 Å². The summed E-state index contributed by atoms with van der Waals surface area (Å²) in [6.45, 7) is 1.31. The number of methoxy groups -OCH3 is 1. The van der Waals surface area contributed by atoms with Crippen LogP contribution >= 0.6 is 0 Å². The van der Waals surface area contributed by atoms with Gasteiger partial charge in [-0.15, -0.1) is 0 Å². The van der Waals surface area contributed by atoms with E-state index in [0.717, 1.165) is 12.8 Å². The van der Waals surface area contributed by atoms with Gasteiger partial charge in [0.25, 0.3) is 0 Å². The Balaban J connectivity index is 2.23. The van der Waals surface area contributed by atoms with Crippen LogP contribution in [-0.4, -0.2) is 26.1 Å². The van der Waals surface area contributed by atoms with E-state index >= 15 is 0 Å². The van der Waals surface area contributed by atoms with Crippen molar-refractivity contribution in [1.29, 1.82) is 0 Å². The quantitative estimate of drug-likeness (QED) is 0.642. The van der Waals surface area contributed by atoms with Crippen LogP contribution < -0.4 is 10.5 Å². The molecule has 0 aromatic heterocycles. The zero-order valence-electron chi connectivity index (χ0n) is 9.94. The molecule has 1 aromatic rings. The minimum Gasteiger partial charge on any atom is -0.495 e. The lowest BCUT2D eigenvalue weighted by Crippen LogP contribution is -2.24. The van der Waals surface area contributed by atoms with Gasteiger partial charge in [-0.25, -0.2) is 0 Å². The maximum Gasteiger partial charge on any atom is 0.168 e. The number of ketones is 1. The molecule has 1 aromatic carbocycles. The van der Waals surface area contributed by atoms with Crippen molar-refractivity contribution in [3.63, 3.8) is 0 Å². The molecule has 0 saturated carbocycles. The van der Waals surface area contributed by atoms with Gasteiger partial charge in [-0.05, 0) is 25.0 Å². The first-order valence-electron chi connectivity index (χ1n) is 5.78. The summed E-state index contributed by atoms with van der Waals surface area (Å²) in [6.07, 6.45) is 1.55. The molecule has 0 aliphatic carbocycles. The first kappa shape index (κ1) is 11.9. The summed E-state index contributed by atoms with van der Waals surface area (Å²) in [5.41, 5.74) is 6.93. The van der Waals surface area contributed by atoms with E-state index in [4.69, 9.17) is 15.2 Å². The van der Waals surface area contributed by atoms with Crippen LogP contribution in [0.2, 0.25) is 0 Å². The second-order valence-corrected chi connectivity index (χ2v) is 4.17. The van der Waals surface area contributed by atoms with E-state index in [2.05, 4.69) is 0 Å². The van der Waals surface area contributed by atoms with Gasteiger partial charge in [0.05, 0.1) is 12.8 Å². The summed E-state index contributed by atoms with van der Waals surface area (Å²) in [5.74, 6) is 0.686. The van der Waals surface area contributed by atoms with Gasteiger partial charge in [0, 0.05) is 24.7 Å². The van der Waals surface area contributed by atoms with Crippen LogP contribution in [0.1, 0.15) is 23.2 Å². The minimum absolute atomic E-state index is 0.0261. The topological polar surface area (TPSA) is 61.5 Å². The van der Waals surface area contributed by atoms with Crippen molar-refractivity contribution in [1.82, 2.24) is 0 Å². The third-order valence-electron chi connectivity index (χ3n) is 3.14. The lowest BCUT2D eigenvalue weighted by molar-refractivity contribution is 0.0545. The number of para-hydroxylation sites is 1. The standard InChI is InChI=1S/C13H17NO3/c1-16-11-4-2-3-10(12(11)14)13(15)9-5-7-17-8-6-9/h2-4,9H,5-8,14H2,1H3. The molecule has 1 heterocycles. The molecular formula is C13H17NO3. The average Bonchev–Trinajstić information content (AvgIpc) is 2.39. The lowest BCUT2D eigenvalue weighted by atomic mass is 9.90. The molecule has 0 atom stereocenters. The van der Waals surface area contributed by atoms with E-state index in [9.17, 15) is 4.79 Å². The summed E-state index contributed by atoms with van der Waals surface area (Å²) in [7, 11) is 1.55. The zero-order valence-corrected chi connectivity index (χ0v) is 9.94. The smallest absolute Gasteiger partial charge is 0.168 e. The fraction of sp³-hybridized carbons (Fsp3) is 0.462. The number of carbonyl (C=O) groups excluding carboxylic acids is 1. The Hall–Kier alpha value is -1.55. The van der Waals surface area contributed by atoms with Crippen molar-refractivity contribution in [2.45, 2.75) is 12.8 Å². The number of hydrogen-bond donors (Lipinski definition) is 1. The molecule has 1 saturated heterocycles. The number of Topliss-reactive ketones (excluding diaryl/α,β-unsaturated/α-hetero) is 1. The molecule has 2 N–H and O–H groups in total. The fourth-order valence-electron chi connectivity index (χ4n) is 2.12. The number of anilines is 1. The number of benzene rings is 1. The number of nitrogen functional groups attached to an aromatic ring is 1. The maximum atomic E-state index is 12.3. The van der Waals surface area contributed by atoms with Crippen LogP contribution in [0.4, 0.5) is 5.69 Å². The van der Waals surface area contributed by atoms with Crippen LogP contribution in [0.25, 0.3) is 0 Å². The van der Waals surface area contributed by atoms with Crippen molar-refractivity contribution in [2.24, 2.45) is 5.92 Å². The largest absolute Gasteiger partial charge is 0.495 e. The summed E-state index contributed by atoms with van der Waals surface area (Å²) in [4.78, 5) is 12.3. The maximum absolute atomic E-state index is 12.3. The SMILES string of the molecule is COc1cccc(C(=O)C2CCOCC2)c1N. The molecular weight excluding hydrogens is 218 g/mol. The monoisotopic (exact) mass is 235 g/mol. The van der Waals surface area contributed by atoms with E-state index in [1.165, 1.54) is 0 Å². The highest BCUT2D eigenvalue weighted by Crippen LogP contribution is 2.29. The summed E-state index contributed by atoms with van der Waals surface area (Å²) in [6, 6.07) is 5.31. The van der Waals surface area contributed by atoms with Gasteiger partial charge in [0.2, 0.25) is 0 Å². The number of hydrogen-bond acceptors (Lipinski definition) is 4. The van der Waals surface area contributed by atoms with Gasteiger partial charge in [-0.3, -0.25) is 4.79 Å². The average molecular weight is 235 g/mol. The molecule has 4 nitrogen and oxygen atoms in total. The molecule has 1 fully saturated rings. The van der Waals surface area contributed by atoms with E-state index in [1.54, 1.807) is 25.3 Å². The molecule has 0 amide bonds. The first-order chi connectivity index (χ1) is 8.24. The Morgan fingerprint density at radius 1 is 1.41 bits per heavy atom. The van der Waals surface area contributed by atoms with Crippen molar-refractivity contribution in [2.75, 3.05) is 26.1 Å². The van der Waals surface area contributed by atoms with Gasteiger partial charge >= 0.3 is 0 Å². The normalized spacial score (nSPS) is 16.8. The number of ether oxygens (including phenoxy) is 2. The second kappa shape index (κ2) is 5.19.